The van der Waals surface area contributed by atoms with E-state index in [2.05, 4.69) is 0 Å². The molecule has 3 nitrogen and oxygen atoms in total. The minimum absolute atomic E-state index is 0.682. The molecule has 0 fully saturated rings. The normalized spacial score (nSPS) is 13.8. The molecular formula is C9H11NO2. The molecule has 0 saturated carbocycles. The van der Waals surface area contributed by atoms with E-state index >= 15 is 0 Å². The van der Waals surface area contributed by atoms with E-state index in [1.807, 2.05) is 12.1 Å². The predicted octanol–water partition coefficient (Wildman–Crippen LogP) is 1.21. The summed E-state index contributed by atoms with van der Waals surface area (Å²) in [4.78, 5) is 0. The van der Waals surface area contributed by atoms with E-state index in [4.69, 9.17) is 15.2 Å². The predicted molar refractivity (Wildman–Crippen MR) is 46.6 cm³/mol. The standard InChI is InChI=1S/C9H11NO2/c1-11-9-6-4-5-12-8(6)3-2-7(9)10/h2-3H,4-5,10H2,1H3. The second kappa shape index (κ2) is 2.59. The van der Waals surface area contributed by atoms with Crippen LogP contribution in [0.1, 0.15) is 5.56 Å². The number of nitrogens with two attached hydrogens (primary N) is 1. The van der Waals surface area contributed by atoms with Gasteiger partial charge in [0, 0.05) is 12.0 Å². The van der Waals surface area contributed by atoms with Crippen LogP contribution < -0.4 is 15.2 Å². The summed E-state index contributed by atoms with van der Waals surface area (Å²) in [5.41, 5.74) is 7.50. The van der Waals surface area contributed by atoms with Crippen LogP contribution in [0.25, 0.3) is 0 Å². The summed E-state index contributed by atoms with van der Waals surface area (Å²) in [6.45, 7) is 0.731. The average molecular weight is 165 g/mol. The first-order chi connectivity index (χ1) is 5.83. The van der Waals surface area contributed by atoms with Gasteiger partial charge in [-0.1, -0.05) is 0 Å². The third-order valence-corrected chi connectivity index (χ3v) is 2.06. The van der Waals surface area contributed by atoms with E-state index in [-0.39, 0.29) is 0 Å². The van der Waals surface area contributed by atoms with Crippen molar-refractivity contribution in [3.05, 3.63) is 17.7 Å². The second-order valence-corrected chi connectivity index (χ2v) is 2.76. The monoisotopic (exact) mass is 165 g/mol. The van der Waals surface area contributed by atoms with Gasteiger partial charge >= 0.3 is 0 Å². The molecule has 0 amide bonds. The number of rotatable bonds is 1. The molecule has 0 radical (unpaired) electrons. The maximum absolute atomic E-state index is 5.72. The van der Waals surface area contributed by atoms with Crippen LogP contribution in [-0.2, 0) is 6.42 Å². The van der Waals surface area contributed by atoms with Gasteiger partial charge in [-0.15, -0.1) is 0 Å². The first kappa shape index (κ1) is 7.28. The number of methoxy groups -OCH3 is 1. The average Bonchev–Trinajstić information content (AvgIpc) is 2.52. The van der Waals surface area contributed by atoms with Crippen LogP contribution in [-0.4, -0.2) is 13.7 Å². The Labute approximate surface area is 71.1 Å². The van der Waals surface area contributed by atoms with Gasteiger partial charge in [0.1, 0.15) is 11.5 Å². The molecular weight excluding hydrogens is 154 g/mol. The quantitative estimate of drug-likeness (QED) is 0.636. The Morgan fingerprint density at radius 3 is 3.08 bits per heavy atom. The lowest BCUT2D eigenvalue weighted by molar-refractivity contribution is 0.357. The highest BCUT2D eigenvalue weighted by Crippen LogP contribution is 2.37. The maximum Gasteiger partial charge on any atom is 0.148 e. The second-order valence-electron chi connectivity index (χ2n) is 2.76. The van der Waals surface area contributed by atoms with Gasteiger partial charge in [-0.05, 0) is 12.1 Å². The number of ether oxygens (including phenoxy) is 2. The fourth-order valence-corrected chi connectivity index (χ4v) is 1.50. The third-order valence-electron chi connectivity index (χ3n) is 2.06. The van der Waals surface area contributed by atoms with Gasteiger partial charge in [-0.2, -0.15) is 0 Å². The number of hydrogen-bond acceptors (Lipinski definition) is 3. The van der Waals surface area contributed by atoms with Gasteiger partial charge in [0.2, 0.25) is 0 Å². The molecule has 12 heavy (non-hydrogen) atoms. The first-order valence-corrected chi connectivity index (χ1v) is 3.91. The van der Waals surface area contributed by atoms with Gasteiger partial charge in [0.15, 0.2) is 0 Å². The first-order valence-electron chi connectivity index (χ1n) is 3.91. The van der Waals surface area contributed by atoms with Crippen LogP contribution >= 0.6 is 0 Å². The smallest absolute Gasteiger partial charge is 0.148 e. The molecule has 1 aromatic carbocycles. The van der Waals surface area contributed by atoms with Crippen molar-refractivity contribution in [1.82, 2.24) is 0 Å². The minimum Gasteiger partial charge on any atom is -0.494 e. The molecule has 1 aliphatic rings. The Hall–Kier alpha value is -1.38. The van der Waals surface area contributed by atoms with Crippen molar-refractivity contribution in [3.8, 4) is 11.5 Å². The van der Waals surface area contributed by atoms with E-state index < -0.39 is 0 Å². The van der Waals surface area contributed by atoms with E-state index in [1.54, 1.807) is 7.11 Å². The van der Waals surface area contributed by atoms with Gasteiger partial charge in [-0.25, -0.2) is 0 Å². The molecule has 0 bridgehead atoms. The summed E-state index contributed by atoms with van der Waals surface area (Å²) in [5.74, 6) is 1.67. The Balaban J connectivity index is 2.57. The Bertz CT molecular complexity index is 310. The molecule has 1 aromatic rings. The number of nitrogen functional groups attached to an aromatic ring is 1. The molecule has 1 aliphatic heterocycles. The molecule has 2 rings (SSSR count). The maximum atomic E-state index is 5.72. The number of benzene rings is 1. The number of hydrogen-bond donors (Lipinski definition) is 1. The lowest BCUT2D eigenvalue weighted by atomic mass is 10.1. The number of anilines is 1. The summed E-state index contributed by atoms with van der Waals surface area (Å²) in [6, 6.07) is 3.70. The SMILES string of the molecule is COc1c(N)ccc2c1CCO2. The Kier molecular flexibility index (Phi) is 1.57. The molecule has 3 heteroatoms. The zero-order chi connectivity index (χ0) is 8.55. The van der Waals surface area contributed by atoms with Gasteiger partial charge in [0.25, 0.3) is 0 Å². The van der Waals surface area contributed by atoms with Crippen LogP contribution in [0.4, 0.5) is 5.69 Å². The van der Waals surface area contributed by atoms with Gasteiger partial charge in [0.05, 0.1) is 19.4 Å². The molecule has 2 N–H and O–H groups in total. The van der Waals surface area contributed by atoms with E-state index in [9.17, 15) is 0 Å². The zero-order valence-electron chi connectivity index (χ0n) is 6.96. The molecule has 1 heterocycles. The summed E-state index contributed by atoms with van der Waals surface area (Å²) in [7, 11) is 1.63. The molecule has 64 valence electrons. The third kappa shape index (κ3) is 0.897. The molecule has 0 unspecified atom stereocenters. The summed E-state index contributed by atoms with van der Waals surface area (Å²) in [6.07, 6.45) is 0.892. The van der Waals surface area contributed by atoms with E-state index in [1.165, 1.54) is 0 Å². The molecule has 0 spiro atoms. The minimum atomic E-state index is 0.682. The summed E-state index contributed by atoms with van der Waals surface area (Å²) in [5, 5.41) is 0. The summed E-state index contributed by atoms with van der Waals surface area (Å²) >= 11 is 0. The van der Waals surface area contributed by atoms with Crippen molar-refractivity contribution in [3.63, 3.8) is 0 Å². The van der Waals surface area contributed by atoms with Crippen LogP contribution in [0.2, 0.25) is 0 Å². The number of fused-ring (bicyclic) bond motifs is 1. The van der Waals surface area contributed by atoms with Crippen molar-refractivity contribution < 1.29 is 9.47 Å². The summed E-state index contributed by atoms with van der Waals surface area (Å²) < 4.78 is 10.5. The topological polar surface area (TPSA) is 44.5 Å². The van der Waals surface area contributed by atoms with Crippen molar-refractivity contribution >= 4 is 5.69 Å². The lowest BCUT2D eigenvalue weighted by Gasteiger charge is -2.07. The molecule has 0 atom stereocenters. The van der Waals surface area contributed by atoms with E-state index in [0.29, 0.717) is 5.69 Å². The van der Waals surface area contributed by atoms with Gasteiger partial charge in [-0.3, -0.25) is 0 Å². The Morgan fingerprint density at radius 2 is 2.33 bits per heavy atom. The molecule has 0 aromatic heterocycles. The highest BCUT2D eigenvalue weighted by molar-refractivity contribution is 5.62. The van der Waals surface area contributed by atoms with Crippen LogP contribution in [0.15, 0.2) is 12.1 Å². The fourth-order valence-electron chi connectivity index (χ4n) is 1.50. The van der Waals surface area contributed by atoms with E-state index in [0.717, 1.165) is 30.1 Å². The largest absolute Gasteiger partial charge is 0.494 e. The molecule has 0 aliphatic carbocycles. The Morgan fingerprint density at radius 1 is 1.50 bits per heavy atom. The van der Waals surface area contributed by atoms with Crippen molar-refractivity contribution in [1.29, 1.82) is 0 Å². The highest BCUT2D eigenvalue weighted by atomic mass is 16.5. The molecule has 0 saturated heterocycles. The van der Waals surface area contributed by atoms with Crippen molar-refractivity contribution in [2.45, 2.75) is 6.42 Å². The fraction of sp³-hybridized carbons (Fsp3) is 0.333. The van der Waals surface area contributed by atoms with Crippen molar-refractivity contribution in [2.75, 3.05) is 19.5 Å². The zero-order valence-corrected chi connectivity index (χ0v) is 6.96. The highest BCUT2D eigenvalue weighted by Gasteiger charge is 2.18. The lowest BCUT2D eigenvalue weighted by Crippen LogP contribution is -1.95. The van der Waals surface area contributed by atoms with Crippen LogP contribution in [0.5, 0.6) is 11.5 Å². The van der Waals surface area contributed by atoms with Gasteiger partial charge < -0.3 is 15.2 Å². The van der Waals surface area contributed by atoms with Crippen LogP contribution in [0.3, 0.4) is 0 Å². The van der Waals surface area contributed by atoms with Crippen molar-refractivity contribution in [2.24, 2.45) is 0 Å². The van der Waals surface area contributed by atoms with Crippen LogP contribution in [0, 0.1) is 0 Å².